The first kappa shape index (κ1) is 13.3. The Labute approximate surface area is 106 Å². The van der Waals surface area contributed by atoms with Crippen LogP contribution in [0.1, 0.15) is 52.9 Å². The number of morpholine rings is 1. The van der Waals surface area contributed by atoms with Crippen LogP contribution in [0.15, 0.2) is 0 Å². The Bertz CT molecular complexity index is 259. The summed E-state index contributed by atoms with van der Waals surface area (Å²) in [5.41, 5.74) is 6.55. The lowest BCUT2D eigenvalue weighted by Gasteiger charge is -2.42. The molecule has 2 fully saturated rings. The smallest absolute Gasteiger partial charge is 0.0757 e. The topological polar surface area (TPSA) is 38.5 Å². The van der Waals surface area contributed by atoms with Crippen molar-refractivity contribution in [3.63, 3.8) is 0 Å². The number of rotatable bonds is 3. The summed E-state index contributed by atoms with van der Waals surface area (Å²) in [6, 6.07) is 0. The highest BCUT2D eigenvalue weighted by Gasteiger charge is 2.34. The second kappa shape index (κ2) is 4.87. The predicted octanol–water partition coefficient (Wildman–Crippen LogP) is 2.15. The second-order valence-electron chi connectivity index (χ2n) is 6.74. The van der Waals surface area contributed by atoms with Crippen molar-refractivity contribution in [2.75, 3.05) is 19.6 Å². The summed E-state index contributed by atoms with van der Waals surface area (Å²) in [7, 11) is 0. The van der Waals surface area contributed by atoms with Crippen LogP contribution in [0, 0.1) is 0 Å². The van der Waals surface area contributed by atoms with E-state index >= 15 is 0 Å². The molecule has 1 heterocycles. The molecule has 1 aliphatic heterocycles. The molecular formula is C14H28N2O. The molecule has 2 N–H and O–H groups in total. The third kappa shape index (κ3) is 3.67. The minimum absolute atomic E-state index is 0.00486. The first-order chi connectivity index (χ1) is 7.89. The van der Waals surface area contributed by atoms with Gasteiger partial charge in [0.15, 0.2) is 0 Å². The van der Waals surface area contributed by atoms with Gasteiger partial charge in [0.25, 0.3) is 0 Å². The van der Waals surface area contributed by atoms with E-state index < -0.39 is 0 Å². The summed E-state index contributed by atoms with van der Waals surface area (Å²) in [5, 5.41) is 0. The minimum Gasteiger partial charge on any atom is -0.370 e. The van der Waals surface area contributed by atoms with Gasteiger partial charge < -0.3 is 10.5 Å². The van der Waals surface area contributed by atoms with E-state index in [0.717, 1.165) is 26.1 Å². The summed E-state index contributed by atoms with van der Waals surface area (Å²) in [6.07, 6.45) is 6.57. The van der Waals surface area contributed by atoms with Crippen molar-refractivity contribution in [2.45, 2.75) is 70.1 Å². The standard InChI is InChI=1S/C14H28N2O/c1-12-10-16(11-13(2,3)17-12)9-8-14(15)6-4-5-7-14/h12H,4-11,15H2,1-3H3. The number of hydrogen-bond acceptors (Lipinski definition) is 3. The minimum atomic E-state index is -0.00486. The van der Waals surface area contributed by atoms with Gasteiger partial charge in [0.05, 0.1) is 11.7 Å². The average molecular weight is 240 g/mol. The van der Waals surface area contributed by atoms with Crippen molar-refractivity contribution in [2.24, 2.45) is 5.73 Å². The normalized spacial score (nSPS) is 32.8. The fourth-order valence-corrected chi connectivity index (χ4v) is 3.47. The van der Waals surface area contributed by atoms with Gasteiger partial charge in [-0.15, -0.1) is 0 Å². The summed E-state index contributed by atoms with van der Waals surface area (Å²) < 4.78 is 5.93. The lowest BCUT2D eigenvalue weighted by Crippen LogP contribution is -2.53. The molecule has 0 amide bonds. The van der Waals surface area contributed by atoms with Crippen molar-refractivity contribution >= 4 is 0 Å². The molecule has 1 aliphatic carbocycles. The Morgan fingerprint density at radius 2 is 1.94 bits per heavy atom. The lowest BCUT2D eigenvalue weighted by molar-refractivity contribution is -0.129. The van der Waals surface area contributed by atoms with E-state index in [4.69, 9.17) is 10.5 Å². The third-order valence-corrected chi connectivity index (χ3v) is 4.17. The molecule has 1 unspecified atom stereocenters. The molecule has 0 radical (unpaired) electrons. The first-order valence-electron chi connectivity index (χ1n) is 7.08. The van der Waals surface area contributed by atoms with Gasteiger partial charge in [0, 0.05) is 25.2 Å². The van der Waals surface area contributed by atoms with E-state index in [2.05, 4.69) is 25.7 Å². The van der Waals surface area contributed by atoms with Crippen LogP contribution in [0.3, 0.4) is 0 Å². The Morgan fingerprint density at radius 3 is 2.53 bits per heavy atom. The molecular weight excluding hydrogens is 212 g/mol. The van der Waals surface area contributed by atoms with Crippen LogP contribution >= 0.6 is 0 Å². The van der Waals surface area contributed by atoms with Gasteiger partial charge in [-0.05, 0) is 40.0 Å². The monoisotopic (exact) mass is 240 g/mol. The van der Waals surface area contributed by atoms with Gasteiger partial charge in [-0.1, -0.05) is 12.8 Å². The van der Waals surface area contributed by atoms with E-state index in [9.17, 15) is 0 Å². The third-order valence-electron chi connectivity index (χ3n) is 4.17. The zero-order valence-corrected chi connectivity index (χ0v) is 11.7. The van der Waals surface area contributed by atoms with Gasteiger partial charge in [-0.2, -0.15) is 0 Å². The molecule has 0 spiro atoms. The van der Waals surface area contributed by atoms with E-state index in [1.807, 2.05) is 0 Å². The lowest BCUT2D eigenvalue weighted by atomic mass is 9.94. The summed E-state index contributed by atoms with van der Waals surface area (Å²) in [4.78, 5) is 2.53. The van der Waals surface area contributed by atoms with E-state index in [1.165, 1.54) is 25.7 Å². The molecule has 100 valence electrons. The molecule has 2 aliphatic rings. The van der Waals surface area contributed by atoms with Crippen molar-refractivity contribution in [3.8, 4) is 0 Å². The maximum atomic E-state index is 6.42. The second-order valence-corrected chi connectivity index (χ2v) is 6.74. The molecule has 1 saturated heterocycles. The fourth-order valence-electron chi connectivity index (χ4n) is 3.47. The van der Waals surface area contributed by atoms with Crippen molar-refractivity contribution < 1.29 is 4.74 Å². The van der Waals surface area contributed by atoms with Crippen LogP contribution in [-0.4, -0.2) is 41.8 Å². The Balaban J connectivity index is 1.82. The van der Waals surface area contributed by atoms with Crippen molar-refractivity contribution in [3.05, 3.63) is 0 Å². The molecule has 0 aromatic rings. The molecule has 3 nitrogen and oxygen atoms in total. The van der Waals surface area contributed by atoms with Crippen molar-refractivity contribution in [1.29, 1.82) is 0 Å². The largest absolute Gasteiger partial charge is 0.370 e. The van der Waals surface area contributed by atoms with E-state index in [-0.39, 0.29) is 11.1 Å². The number of ether oxygens (including phenoxy) is 1. The predicted molar refractivity (Wildman–Crippen MR) is 71.1 cm³/mol. The number of nitrogens with two attached hydrogens (primary N) is 1. The maximum absolute atomic E-state index is 6.42. The van der Waals surface area contributed by atoms with Gasteiger partial charge in [0.2, 0.25) is 0 Å². The molecule has 2 rings (SSSR count). The Hall–Kier alpha value is -0.120. The highest BCUT2D eigenvalue weighted by molar-refractivity contribution is 4.91. The molecule has 3 heteroatoms. The van der Waals surface area contributed by atoms with Crippen LogP contribution in [0.5, 0.6) is 0 Å². The van der Waals surface area contributed by atoms with Crippen LogP contribution in [0.2, 0.25) is 0 Å². The summed E-state index contributed by atoms with van der Waals surface area (Å²) in [6.45, 7) is 9.76. The fraction of sp³-hybridized carbons (Fsp3) is 1.00. The van der Waals surface area contributed by atoms with Gasteiger partial charge in [0.1, 0.15) is 0 Å². The van der Waals surface area contributed by atoms with E-state index in [1.54, 1.807) is 0 Å². The zero-order chi connectivity index (χ0) is 12.5. The molecule has 0 aromatic heterocycles. The number of nitrogens with zero attached hydrogens (tertiary/aromatic N) is 1. The van der Waals surface area contributed by atoms with Crippen LogP contribution < -0.4 is 5.73 Å². The van der Waals surface area contributed by atoms with Gasteiger partial charge in [-0.25, -0.2) is 0 Å². The van der Waals surface area contributed by atoms with Gasteiger partial charge >= 0.3 is 0 Å². The molecule has 1 saturated carbocycles. The van der Waals surface area contributed by atoms with Crippen LogP contribution in [-0.2, 0) is 4.74 Å². The number of hydrogen-bond donors (Lipinski definition) is 1. The zero-order valence-electron chi connectivity index (χ0n) is 11.7. The Morgan fingerprint density at radius 1 is 1.29 bits per heavy atom. The summed E-state index contributed by atoms with van der Waals surface area (Å²) >= 11 is 0. The highest BCUT2D eigenvalue weighted by atomic mass is 16.5. The molecule has 17 heavy (non-hydrogen) atoms. The van der Waals surface area contributed by atoms with Crippen LogP contribution in [0.4, 0.5) is 0 Å². The van der Waals surface area contributed by atoms with Crippen molar-refractivity contribution in [1.82, 2.24) is 4.90 Å². The molecule has 0 bridgehead atoms. The molecule has 0 aromatic carbocycles. The SMILES string of the molecule is CC1CN(CCC2(N)CCCC2)CC(C)(C)O1. The average Bonchev–Trinajstić information content (AvgIpc) is 2.60. The quantitative estimate of drug-likeness (QED) is 0.821. The Kier molecular flexibility index (Phi) is 3.81. The molecule has 1 atom stereocenters. The highest BCUT2D eigenvalue weighted by Crippen LogP contribution is 2.31. The van der Waals surface area contributed by atoms with Crippen LogP contribution in [0.25, 0.3) is 0 Å². The van der Waals surface area contributed by atoms with E-state index in [0.29, 0.717) is 6.10 Å². The van der Waals surface area contributed by atoms with Gasteiger partial charge in [-0.3, -0.25) is 4.90 Å². The summed E-state index contributed by atoms with van der Waals surface area (Å²) in [5.74, 6) is 0. The first-order valence-corrected chi connectivity index (χ1v) is 7.08. The maximum Gasteiger partial charge on any atom is 0.0757 e.